The number of pyridine rings is 1. The quantitative estimate of drug-likeness (QED) is 0.821. The van der Waals surface area contributed by atoms with Crippen LogP contribution in [0.1, 0.15) is 0 Å². The van der Waals surface area contributed by atoms with Crippen LogP contribution in [0.2, 0.25) is 5.02 Å². The summed E-state index contributed by atoms with van der Waals surface area (Å²) in [4.78, 5) is 3.90. The fourth-order valence-electron chi connectivity index (χ4n) is 0.945. The molecule has 0 unspecified atom stereocenters. The summed E-state index contributed by atoms with van der Waals surface area (Å²) in [5.41, 5.74) is 0. The van der Waals surface area contributed by atoms with Crippen molar-refractivity contribution in [2.24, 2.45) is 0 Å². The van der Waals surface area contributed by atoms with E-state index in [0.717, 1.165) is 0 Å². The van der Waals surface area contributed by atoms with E-state index in [1.807, 2.05) is 0 Å². The van der Waals surface area contributed by atoms with E-state index in [-0.39, 0.29) is 13.2 Å². The minimum absolute atomic E-state index is 0.0631. The summed E-state index contributed by atoms with van der Waals surface area (Å²) in [5, 5.41) is 3.18. The van der Waals surface area contributed by atoms with Gasteiger partial charge in [0.15, 0.2) is 0 Å². The maximum Gasteiger partial charge on any atom is 0.411 e. The highest BCUT2D eigenvalue weighted by atomic mass is 35.5. The molecule has 0 aliphatic carbocycles. The van der Waals surface area contributed by atoms with E-state index in [2.05, 4.69) is 15.0 Å². The first kappa shape index (κ1) is 13.1. The van der Waals surface area contributed by atoms with Crippen molar-refractivity contribution >= 4 is 17.4 Å². The Labute approximate surface area is 95.6 Å². The number of nitrogens with zero attached hydrogens (tertiary/aromatic N) is 1. The zero-order valence-electron chi connectivity index (χ0n) is 8.22. The van der Waals surface area contributed by atoms with Crippen LogP contribution >= 0.6 is 11.6 Å². The minimum atomic E-state index is -4.29. The number of halogens is 4. The molecule has 1 rings (SSSR count). The van der Waals surface area contributed by atoms with E-state index in [1.54, 1.807) is 12.1 Å². The zero-order valence-corrected chi connectivity index (χ0v) is 8.98. The van der Waals surface area contributed by atoms with Crippen LogP contribution in [0.25, 0.3) is 0 Å². The van der Waals surface area contributed by atoms with Gasteiger partial charge in [-0.15, -0.1) is 0 Å². The van der Waals surface area contributed by atoms with Gasteiger partial charge < -0.3 is 10.1 Å². The molecular formula is C9H10ClF3N2O. The molecule has 16 heavy (non-hydrogen) atoms. The summed E-state index contributed by atoms with van der Waals surface area (Å²) >= 11 is 5.76. The second-order valence-electron chi connectivity index (χ2n) is 2.93. The Morgan fingerprint density at radius 3 is 2.81 bits per heavy atom. The van der Waals surface area contributed by atoms with Crippen molar-refractivity contribution in [2.45, 2.75) is 6.18 Å². The lowest BCUT2D eigenvalue weighted by Gasteiger charge is -2.09. The summed E-state index contributed by atoms with van der Waals surface area (Å²) in [6.07, 6.45) is -2.76. The van der Waals surface area contributed by atoms with Gasteiger partial charge in [0.05, 0.1) is 11.6 Å². The molecule has 0 radical (unpaired) electrons. The highest BCUT2D eigenvalue weighted by molar-refractivity contribution is 6.32. The van der Waals surface area contributed by atoms with Crippen LogP contribution in [-0.4, -0.2) is 30.9 Å². The Morgan fingerprint density at radius 2 is 2.19 bits per heavy atom. The number of rotatable bonds is 5. The summed E-state index contributed by atoms with van der Waals surface area (Å²) < 4.78 is 39.5. The van der Waals surface area contributed by atoms with Gasteiger partial charge in [-0.3, -0.25) is 0 Å². The van der Waals surface area contributed by atoms with Gasteiger partial charge in [-0.25, -0.2) is 4.98 Å². The second kappa shape index (κ2) is 5.91. The average Bonchev–Trinajstić information content (AvgIpc) is 2.18. The molecule has 0 saturated heterocycles. The molecule has 0 aromatic carbocycles. The average molecular weight is 255 g/mol. The molecule has 3 nitrogen and oxygen atoms in total. The number of aromatic nitrogens is 1. The van der Waals surface area contributed by atoms with Crippen LogP contribution in [-0.2, 0) is 4.74 Å². The van der Waals surface area contributed by atoms with Gasteiger partial charge in [0.25, 0.3) is 0 Å². The van der Waals surface area contributed by atoms with Gasteiger partial charge in [0.2, 0.25) is 0 Å². The van der Waals surface area contributed by atoms with E-state index in [1.165, 1.54) is 6.20 Å². The molecule has 7 heteroatoms. The van der Waals surface area contributed by atoms with Crippen LogP contribution in [0.3, 0.4) is 0 Å². The van der Waals surface area contributed by atoms with Gasteiger partial charge >= 0.3 is 6.18 Å². The number of ether oxygens (including phenoxy) is 1. The third-order valence-electron chi connectivity index (χ3n) is 1.56. The molecule has 0 amide bonds. The first-order chi connectivity index (χ1) is 7.49. The van der Waals surface area contributed by atoms with Crippen molar-refractivity contribution in [2.75, 3.05) is 25.1 Å². The lowest BCUT2D eigenvalue weighted by molar-refractivity contribution is -0.172. The molecule has 1 heterocycles. The molecule has 1 aromatic heterocycles. The van der Waals surface area contributed by atoms with E-state index in [0.29, 0.717) is 10.8 Å². The summed E-state index contributed by atoms with van der Waals surface area (Å²) in [7, 11) is 0. The van der Waals surface area contributed by atoms with E-state index in [4.69, 9.17) is 11.6 Å². The maximum atomic E-state index is 11.7. The third kappa shape index (κ3) is 5.18. The molecular weight excluding hydrogens is 245 g/mol. The molecule has 0 aliphatic heterocycles. The second-order valence-corrected chi connectivity index (χ2v) is 3.34. The van der Waals surface area contributed by atoms with E-state index < -0.39 is 12.8 Å². The Balaban J connectivity index is 2.19. The number of hydrogen-bond donors (Lipinski definition) is 1. The first-order valence-corrected chi connectivity index (χ1v) is 4.86. The number of nitrogens with one attached hydrogen (secondary N) is 1. The van der Waals surface area contributed by atoms with E-state index in [9.17, 15) is 13.2 Å². The van der Waals surface area contributed by atoms with Gasteiger partial charge in [0.1, 0.15) is 12.4 Å². The lowest BCUT2D eigenvalue weighted by Crippen LogP contribution is -2.20. The Morgan fingerprint density at radius 1 is 1.44 bits per heavy atom. The lowest BCUT2D eigenvalue weighted by atomic mass is 10.4. The zero-order chi connectivity index (χ0) is 12.0. The highest BCUT2D eigenvalue weighted by Gasteiger charge is 2.27. The van der Waals surface area contributed by atoms with Crippen molar-refractivity contribution < 1.29 is 17.9 Å². The Bertz CT molecular complexity index is 333. The Hall–Kier alpha value is -1.01. The van der Waals surface area contributed by atoms with Crippen LogP contribution in [0.15, 0.2) is 18.3 Å². The van der Waals surface area contributed by atoms with Crippen molar-refractivity contribution in [1.29, 1.82) is 0 Å². The van der Waals surface area contributed by atoms with Gasteiger partial charge in [-0.2, -0.15) is 13.2 Å². The van der Waals surface area contributed by atoms with Crippen LogP contribution in [0, 0.1) is 0 Å². The standard InChI is InChI=1S/C9H10ClF3N2O/c10-7-2-1-3-14-8(7)15-4-5-16-6-9(11,12)13/h1-3H,4-6H2,(H,14,15). The normalized spacial score (nSPS) is 11.5. The molecule has 0 spiro atoms. The van der Waals surface area contributed by atoms with Crippen LogP contribution < -0.4 is 5.32 Å². The van der Waals surface area contributed by atoms with Gasteiger partial charge in [-0.1, -0.05) is 11.6 Å². The fraction of sp³-hybridized carbons (Fsp3) is 0.444. The maximum absolute atomic E-state index is 11.7. The predicted octanol–water partition coefficient (Wildman–Crippen LogP) is 2.73. The molecule has 0 atom stereocenters. The predicted molar refractivity (Wildman–Crippen MR) is 54.6 cm³/mol. The van der Waals surface area contributed by atoms with Crippen molar-refractivity contribution in [1.82, 2.24) is 4.98 Å². The van der Waals surface area contributed by atoms with Crippen molar-refractivity contribution in [3.05, 3.63) is 23.4 Å². The fourth-order valence-corrected chi connectivity index (χ4v) is 1.13. The molecule has 0 saturated carbocycles. The van der Waals surface area contributed by atoms with Crippen LogP contribution in [0.4, 0.5) is 19.0 Å². The molecule has 0 fully saturated rings. The first-order valence-electron chi connectivity index (χ1n) is 4.48. The monoisotopic (exact) mass is 254 g/mol. The van der Waals surface area contributed by atoms with Crippen LogP contribution in [0.5, 0.6) is 0 Å². The molecule has 0 aliphatic rings. The summed E-state index contributed by atoms with van der Waals surface area (Å²) in [6.45, 7) is -1.09. The molecule has 90 valence electrons. The minimum Gasteiger partial charge on any atom is -0.370 e. The number of hydrogen-bond acceptors (Lipinski definition) is 3. The van der Waals surface area contributed by atoms with Gasteiger partial charge in [-0.05, 0) is 12.1 Å². The largest absolute Gasteiger partial charge is 0.411 e. The molecule has 0 bridgehead atoms. The highest BCUT2D eigenvalue weighted by Crippen LogP contribution is 2.17. The third-order valence-corrected chi connectivity index (χ3v) is 1.87. The summed E-state index contributed by atoms with van der Waals surface area (Å²) in [5.74, 6) is 0.430. The molecule has 1 N–H and O–H groups in total. The molecule has 1 aromatic rings. The topological polar surface area (TPSA) is 34.1 Å². The number of anilines is 1. The van der Waals surface area contributed by atoms with E-state index >= 15 is 0 Å². The van der Waals surface area contributed by atoms with Crippen molar-refractivity contribution in [3.8, 4) is 0 Å². The number of alkyl halides is 3. The van der Waals surface area contributed by atoms with Crippen molar-refractivity contribution in [3.63, 3.8) is 0 Å². The smallest absolute Gasteiger partial charge is 0.370 e. The summed E-state index contributed by atoms with van der Waals surface area (Å²) in [6, 6.07) is 3.29. The SMILES string of the molecule is FC(F)(F)COCCNc1ncccc1Cl. The Kier molecular flexibility index (Phi) is 4.82. The van der Waals surface area contributed by atoms with Gasteiger partial charge in [0, 0.05) is 12.7 Å².